The Hall–Kier alpha value is -2.80. The van der Waals surface area contributed by atoms with Gasteiger partial charge in [-0.15, -0.1) is 0 Å². The van der Waals surface area contributed by atoms with E-state index in [4.69, 9.17) is 4.74 Å². The van der Waals surface area contributed by atoms with Crippen LogP contribution in [0.3, 0.4) is 0 Å². The number of hydrogen-bond acceptors (Lipinski definition) is 3. The van der Waals surface area contributed by atoms with Gasteiger partial charge in [0.15, 0.2) is 0 Å². The van der Waals surface area contributed by atoms with Gasteiger partial charge in [0.25, 0.3) is 5.91 Å². The molecule has 0 atom stereocenters. The fraction of sp³-hybridized carbons (Fsp3) is 0.318. The third-order valence-corrected chi connectivity index (χ3v) is 4.64. The van der Waals surface area contributed by atoms with Crippen LogP contribution < -0.4 is 4.74 Å². The number of alkyl halides is 3. The highest BCUT2D eigenvalue weighted by Gasteiger charge is 2.31. The van der Waals surface area contributed by atoms with Crippen LogP contribution in [-0.4, -0.2) is 49.5 Å². The summed E-state index contributed by atoms with van der Waals surface area (Å²) >= 11 is 0. The third-order valence-electron chi connectivity index (χ3n) is 4.64. The van der Waals surface area contributed by atoms with E-state index in [0.717, 1.165) is 17.7 Å². The van der Waals surface area contributed by atoms with Crippen molar-refractivity contribution in [2.75, 3.05) is 33.8 Å². The van der Waals surface area contributed by atoms with E-state index in [9.17, 15) is 18.0 Å². The number of carbonyl (C=O) groups excluding carboxylic acids is 1. The molecule has 1 heterocycles. The molecular formula is C22H23F3N2O2. The predicted octanol–water partition coefficient (Wildman–Crippen LogP) is 4.07. The Labute approximate surface area is 168 Å². The second-order valence-corrected chi connectivity index (χ2v) is 7.22. The van der Waals surface area contributed by atoms with Gasteiger partial charge in [-0.2, -0.15) is 13.2 Å². The van der Waals surface area contributed by atoms with E-state index in [1.165, 1.54) is 6.07 Å². The third kappa shape index (κ3) is 5.38. The number of benzene rings is 2. The molecule has 1 aliphatic heterocycles. The molecular weight excluding hydrogens is 381 g/mol. The van der Waals surface area contributed by atoms with Crippen LogP contribution in [0, 0.1) is 0 Å². The van der Waals surface area contributed by atoms with Crippen molar-refractivity contribution in [2.45, 2.75) is 12.7 Å². The summed E-state index contributed by atoms with van der Waals surface area (Å²) in [7, 11) is 3.76. The van der Waals surface area contributed by atoms with Crippen molar-refractivity contribution in [1.82, 2.24) is 9.80 Å². The van der Waals surface area contributed by atoms with Crippen molar-refractivity contribution in [3.63, 3.8) is 0 Å². The first-order chi connectivity index (χ1) is 13.7. The first kappa shape index (κ1) is 20.9. The number of ether oxygens (including phenoxy) is 1. The quantitative estimate of drug-likeness (QED) is 0.728. The van der Waals surface area contributed by atoms with Gasteiger partial charge >= 0.3 is 6.18 Å². The van der Waals surface area contributed by atoms with Crippen LogP contribution in [0.2, 0.25) is 0 Å². The number of fused-ring (bicyclic) bond motifs is 1. The van der Waals surface area contributed by atoms with Gasteiger partial charge in [0, 0.05) is 25.2 Å². The van der Waals surface area contributed by atoms with E-state index in [-0.39, 0.29) is 19.1 Å². The summed E-state index contributed by atoms with van der Waals surface area (Å²) in [5.41, 5.74) is 1.01. The summed E-state index contributed by atoms with van der Waals surface area (Å²) in [5, 5.41) is 0. The molecule has 0 aliphatic carbocycles. The minimum atomic E-state index is -4.42. The number of para-hydroxylation sites is 1. The number of halogens is 3. The second-order valence-electron chi connectivity index (χ2n) is 7.22. The lowest BCUT2D eigenvalue weighted by Gasteiger charge is -2.27. The Kier molecular flexibility index (Phi) is 6.27. The van der Waals surface area contributed by atoms with E-state index >= 15 is 0 Å². The molecule has 0 saturated carbocycles. The highest BCUT2D eigenvalue weighted by Crippen LogP contribution is 2.30. The predicted molar refractivity (Wildman–Crippen MR) is 105 cm³/mol. The smallest absolute Gasteiger partial charge is 0.416 e. The molecule has 0 N–H and O–H groups in total. The number of nitrogens with zero attached hydrogens (tertiary/aromatic N) is 2. The molecule has 0 unspecified atom stereocenters. The van der Waals surface area contributed by atoms with Crippen LogP contribution in [-0.2, 0) is 17.5 Å². The summed E-state index contributed by atoms with van der Waals surface area (Å²) in [6.07, 6.45) is -2.63. The molecule has 0 saturated heterocycles. The van der Waals surface area contributed by atoms with Crippen LogP contribution >= 0.6 is 0 Å². The molecule has 0 spiro atoms. The van der Waals surface area contributed by atoms with Gasteiger partial charge in [0.2, 0.25) is 0 Å². The van der Waals surface area contributed by atoms with Gasteiger partial charge in [0.05, 0.1) is 11.1 Å². The zero-order chi connectivity index (χ0) is 21.0. The van der Waals surface area contributed by atoms with E-state index in [0.29, 0.717) is 30.0 Å². The summed E-state index contributed by atoms with van der Waals surface area (Å²) in [6.45, 7) is 1.21. The van der Waals surface area contributed by atoms with Crippen molar-refractivity contribution in [2.24, 2.45) is 0 Å². The number of rotatable bonds is 6. The average Bonchev–Trinajstić information content (AvgIpc) is 2.69. The molecule has 0 radical (unpaired) electrons. The number of likely N-dealkylation sites (N-methyl/N-ethyl adjacent to an activating group) is 1. The minimum Gasteiger partial charge on any atom is -0.488 e. The monoisotopic (exact) mass is 404 g/mol. The Balaban J connectivity index is 1.84. The highest BCUT2D eigenvalue weighted by molar-refractivity contribution is 5.99. The summed E-state index contributed by atoms with van der Waals surface area (Å²) in [4.78, 5) is 16.6. The molecule has 2 aromatic rings. The first-order valence-corrected chi connectivity index (χ1v) is 9.26. The van der Waals surface area contributed by atoms with E-state index in [1.807, 2.05) is 43.3 Å². The van der Waals surface area contributed by atoms with Gasteiger partial charge < -0.3 is 14.5 Å². The van der Waals surface area contributed by atoms with Crippen LogP contribution in [0.1, 0.15) is 16.7 Å². The van der Waals surface area contributed by atoms with E-state index in [1.54, 1.807) is 17.0 Å². The Morgan fingerprint density at radius 3 is 2.55 bits per heavy atom. The van der Waals surface area contributed by atoms with Crippen LogP contribution in [0.15, 0.2) is 54.1 Å². The molecule has 2 aromatic carbocycles. The largest absolute Gasteiger partial charge is 0.488 e. The van der Waals surface area contributed by atoms with Crippen molar-refractivity contribution >= 4 is 12.0 Å². The highest BCUT2D eigenvalue weighted by atomic mass is 19.4. The SMILES string of the molecule is CN(C)CCN(Cc1cccc(C(F)(F)F)c1)C(=O)C1=Cc2ccccc2OC1. The summed E-state index contributed by atoms with van der Waals surface area (Å²) in [5.74, 6) is 0.473. The second kappa shape index (κ2) is 8.69. The normalized spacial score (nSPS) is 13.5. The maximum Gasteiger partial charge on any atom is 0.416 e. The topological polar surface area (TPSA) is 32.8 Å². The molecule has 7 heteroatoms. The molecule has 0 bridgehead atoms. The number of hydrogen-bond donors (Lipinski definition) is 0. The number of amides is 1. The molecule has 154 valence electrons. The maximum absolute atomic E-state index is 13.1. The minimum absolute atomic E-state index is 0.0928. The number of carbonyl (C=O) groups is 1. The molecule has 4 nitrogen and oxygen atoms in total. The van der Waals surface area contributed by atoms with Crippen molar-refractivity contribution in [1.29, 1.82) is 0 Å². The van der Waals surface area contributed by atoms with E-state index in [2.05, 4.69) is 0 Å². The first-order valence-electron chi connectivity index (χ1n) is 9.26. The lowest BCUT2D eigenvalue weighted by molar-refractivity contribution is -0.137. The zero-order valence-electron chi connectivity index (χ0n) is 16.4. The van der Waals surface area contributed by atoms with Crippen LogP contribution in [0.4, 0.5) is 13.2 Å². The Morgan fingerprint density at radius 1 is 1.07 bits per heavy atom. The van der Waals surface area contributed by atoms with Crippen molar-refractivity contribution in [3.05, 3.63) is 70.8 Å². The van der Waals surface area contributed by atoms with Gasteiger partial charge in [0.1, 0.15) is 12.4 Å². The van der Waals surface area contributed by atoms with E-state index < -0.39 is 11.7 Å². The molecule has 0 aromatic heterocycles. The molecule has 1 amide bonds. The van der Waals surface area contributed by atoms with Gasteiger partial charge in [-0.05, 0) is 43.9 Å². The molecule has 3 rings (SSSR count). The van der Waals surface area contributed by atoms with Gasteiger partial charge in [-0.3, -0.25) is 4.79 Å². The lowest BCUT2D eigenvalue weighted by atomic mass is 10.1. The summed E-state index contributed by atoms with van der Waals surface area (Å²) in [6, 6.07) is 12.5. The Bertz CT molecular complexity index is 907. The summed E-state index contributed by atoms with van der Waals surface area (Å²) < 4.78 is 44.8. The Morgan fingerprint density at radius 2 is 1.83 bits per heavy atom. The maximum atomic E-state index is 13.1. The van der Waals surface area contributed by atoms with Crippen LogP contribution in [0.5, 0.6) is 5.75 Å². The van der Waals surface area contributed by atoms with Crippen molar-refractivity contribution in [3.8, 4) is 5.75 Å². The van der Waals surface area contributed by atoms with Crippen molar-refractivity contribution < 1.29 is 22.7 Å². The lowest BCUT2D eigenvalue weighted by Crippen LogP contribution is -2.38. The molecule has 29 heavy (non-hydrogen) atoms. The standard InChI is InChI=1S/C22H23F3N2O2/c1-26(2)10-11-27(14-16-6-5-8-19(12-16)22(23,24)25)21(28)18-13-17-7-3-4-9-20(17)29-15-18/h3-9,12-13H,10-11,14-15H2,1-2H3. The van der Waals surface area contributed by atoms with Gasteiger partial charge in [-0.25, -0.2) is 0 Å². The average molecular weight is 404 g/mol. The molecule has 0 fully saturated rings. The molecule has 1 aliphatic rings. The zero-order valence-corrected chi connectivity index (χ0v) is 16.4. The fourth-order valence-electron chi connectivity index (χ4n) is 3.08. The fourth-order valence-corrected chi connectivity index (χ4v) is 3.08. The van der Waals surface area contributed by atoms with Gasteiger partial charge in [-0.1, -0.05) is 30.3 Å². The van der Waals surface area contributed by atoms with Crippen LogP contribution in [0.25, 0.3) is 6.08 Å².